The molecule has 3 nitrogen and oxygen atoms in total. The van der Waals surface area contributed by atoms with Gasteiger partial charge in [0.1, 0.15) is 0 Å². The zero-order valence-electron chi connectivity index (χ0n) is 11.9. The molecule has 2 aromatic carbocycles. The van der Waals surface area contributed by atoms with Gasteiger partial charge < -0.3 is 10.5 Å². The van der Waals surface area contributed by atoms with Gasteiger partial charge in [0.2, 0.25) is 0 Å². The summed E-state index contributed by atoms with van der Waals surface area (Å²) in [6.45, 7) is 0. The maximum absolute atomic E-state index is 13.6. The Kier molecular flexibility index (Phi) is 5.06. The average molecular weight is 287 g/mol. The molecule has 0 bridgehead atoms. The van der Waals surface area contributed by atoms with Crippen LogP contribution < -0.4 is 10.5 Å². The number of Topliss-reactive ketones (excluding diaryl/α,β-unsaturated/α-hetero) is 1. The van der Waals surface area contributed by atoms with Crippen molar-refractivity contribution in [1.82, 2.24) is 0 Å². The molecular formula is C17H18FNO2. The number of benzene rings is 2. The van der Waals surface area contributed by atoms with E-state index in [0.717, 1.165) is 5.56 Å². The van der Waals surface area contributed by atoms with Gasteiger partial charge in [-0.3, -0.25) is 4.79 Å². The van der Waals surface area contributed by atoms with Crippen molar-refractivity contribution in [2.45, 2.75) is 18.9 Å². The fraction of sp³-hybridized carbons (Fsp3) is 0.235. The summed E-state index contributed by atoms with van der Waals surface area (Å²) in [5.74, 6) is -0.522. The second-order valence-electron chi connectivity index (χ2n) is 4.83. The zero-order valence-corrected chi connectivity index (χ0v) is 11.9. The SMILES string of the molecule is COc1ccc(C(=O)CCC(N)c2ccccc2)cc1F. The van der Waals surface area contributed by atoms with E-state index in [1.807, 2.05) is 30.3 Å². The predicted octanol–water partition coefficient (Wildman–Crippen LogP) is 3.50. The Bertz CT molecular complexity index is 613. The van der Waals surface area contributed by atoms with Crippen LogP contribution in [0.2, 0.25) is 0 Å². The van der Waals surface area contributed by atoms with Crippen molar-refractivity contribution in [3.8, 4) is 5.75 Å². The lowest BCUT2D eigenvalue weighted by Gasteiger charge is -2.11. The molecule has 0 radical (unpaired) electrons. The summed E-state index contributed by atoms with van der Waals surface area (Å²) in [7, 11) is 1.39. The first kappa shape index (κ1) is 15.2. The van der Waals surface area contributed by atoms with E-state index in [1.54, 1.807) is 6.07 Å². The van der Waals surface area contributed by atoms with Crippen LogP contribution in [0.4, 0.5) is 4.39 Å². The molecule has 0 heterocycles. The van der Waals surface area contributed by atoms with E-state index in [9.17, 15) is 9.18 Å². The van der Waals surface area contributed by atoms with E-state index in [0.29, 0.717) is 12.0 Å². The van der Waals surface area contributed by atoms with Crippen molar-refractivity contribution >= 4 is 5.78 Å². The van der Waals surface area contributed by atoms with Gasteiger partial charge in [-0.05, 0) is 30.2 Å². The minimum Gasteiger partial charge on any atom is -0.494 e. The van der Waals surface area contributed by atoms with Gasteiger partial charge in [-0.2, -0.15) is 0 Å². The third-order valence-electron chi connectivity index (χ3n) is 3.38. The van der Waals surface area contributed by atoms with Gasteiger partial charge in [0, 0.05) is 18.0 Å². The van der Waals surface area contributed by atoms with Crippen LogP contribution in [-0.2, 0) is 0 Å². The van der Waals surface area contributed by atoms with Crippen LogP contribution in [0.25, 0.3) is 0 Å². The lowest BCUT2D eigenvalue weighted by molar-refractivity contribution is 0.0977. The lowest BCUT2D eigenvalue weighted by atomic mass is 9.99. The fourth-order valence-electron chi connectivity index (χ4n) is 2.14. The molecule has 1 unspecified atom stereocenters. The van der Waals surface area contributed by atoms with Gasteiger partial charge in [0.15, 0.2) is 17.3 Å². The number of rotatable bonds is 6. The van der Waals surface area contributed by atoms with Crippen molar-refractivity contribution in [3.05, 3.63) is 65.5 Å². The molecule has 2 aromatic rings. The Balaban J connectivity index is 1.97. The van der Waals surface area contributed by atoms with Crippen LogP contribution in [-0.4, -0.2) is 12.9 Å². The third kappa shape index (κ3) is 3.89. The Morgan fingerprint density at radius 1 is 1.24 bits per heavy atom. The molecule has 2 N–H and O–H groups in total. The number of halogens is 1. The Morgan fingerprint density at radius 2 is 1.95 bits per heavy atom. The molecule has 0 aliphatic rings. The number of hydrogen-bond acceptors (Lipinski definition) is 3. The molecule has 0 aliphatic heterocycles. The number of methoxy groups -OCH3 is 1. The molecule has 0 aromatic heterocycles. The number of nitrogens with two attached hydrogens (primary N) is 1. The summed E-state index contributed by atoms with van der Waals surface area (Å²) in [6, 6.07) is 13.6. The Hall–Kier alpha value is -2.20. The number of carbonyl (C=O) groups is 1. The molecule has 0 spiro atoms. The fourth-order valence-corrected chi connectivity index (χ4v) is 2.14. The quantitative estimate of drug-likeness (QED) is 0.827. The van der Waals surface area contributed by atoms with Crippen LogP contribution in [0.1, 0.15) is 34.8 Å². The molecule has 0 saturated carbocycles. The number of ether oxygens (including phenoxy) is 1. The second kappa shape index (κ2) is 6.99. The average Bonchev–Trinajstić information content (AvgIpc) is 2.53. The summed E-state index contributed by atoms with van der Waals surface area (Å²) in [5.41, 5.74) is 7.38. The summed E-state index contributed by atoms with van der Waals surface area (Å²) >= 11 is 0. The highest BCUT2D eigenvalue weighted by atomic mass is 19.1. The molecule has 0 amide bonds. The van der Waals surface area contributed by atoms with Crippen LogP contribution in [0, 0.1) is 5.82 Å². The van der Waals surface area contributed by atoms with Crippen molar-refractivity contribution in [1.29, 1.82) is 0 Å². The highest BCUT2D eigenvalue weighted by molar-refractivity contribution is 5.96. The van der Waals surface area contributed by atoms with Crippen molar-refractivity contribution in [3.63, 3.8) is 0 Å². The van der Waals surface area contributed by atoms with Crippen LogP contribution >= 0.6 is 0 Å². The maximum atomic E-state index is 13.6. The van der Waals surface area contributed by atoms with Crippen LogP contribution in [0.3, 0.4) is 0 Å². The molecule has 21 heavy (non-hydrogen) atoms. The van der Waals surface area contributed by atoms with E-state index >= 15 is 0 Å². The van der Waals surface area contributed by atoms with Gasteiger partial charge in [-0.25, -0.2) is 4.39 Å². The standard InChI is InChI=1S/C17H18FNO2/c1-21-17-10-7-13(11-14(17)18)16(20)9-8-15(19)12-5-3-2-4-6-12/h2-7,10-11,15H,8-9,19H2,1H3. The highest BCUT2D eigenvalue weighted by Crippen LogP contribution is 2.21. The van der Waals surface area contributed by atoms with Gasteiger partial charge in [-0.1, -0.05) is 30.3 Å². The smallest absolute Gasteiger partial charge is 0.165 e. The number of hydrogen-bond donors (Lipinski definition) is 1. The molecule has 1 atom stereocenters. The summed E-state index contributed by atoms with van der Waals surface area (Å²) in [5, 5.41) is 0. The molecule has 0 fully saturated rings. The first-order valence-corrected chi connectivity index (χ1v) is 6.79. The van der Waals surface area contributed by atoms with Crippen molar-refractivity contribution in [2.24, 2.45) is 5.73 Å². The third-order valence-corrected chi connectivity index (χ3v) is 3.38. The van der Waals surface area contributed by atoms with Crippen LogP contribution in [0.5, 0.6) is 5.75 Å². The minimum absolute atomic E-state index is 0.122. The van der Waals surface area contributed by atoms with Gasteiger partial charge in [0.05, 0.1) is 7.11 Å². The second-order valence-corrected chi connectivity index (χ2v) is 4.83. The van der Waals surface area contributed by atoms with Gasteiger partial charge in [-0.15, -0.1) is 0 Å². The van der Waals surface area contributed by atoms with E-state index in [4.69, 9.17) is 10.5 Å². The first-order valence-electron chi connectivity index (χ1n) is 6.79. The van der Waals surface area contributed by atoms with Crippen molar-refractivity contribution in [2.75, 3.05) is 7.11 Å². The number of carbonyl (C=O) groups excluding carboxylic acids is 1. The van der Waals surface area contributed by atoms with E-state index in [1.165, 1.54) is 19.2 Å². The molecular weight excluding hydrogens is 269 g/mol. The molecule has 0 aliphatic carbocycles. The van der Waals surface area contributed by atoms with E-state index in [2.05, 4.69) is 0 Å². The topological polar surface area (TPSA) is 52.3 Å². The first-order chi connectivity index (χ1) is 10.1. The molecule has 110 valence electrons. The molecule has 4 heteroatoms. The summed E-state index contributed by atoms with van der Waals surface area (Å²) in [4.78, 5) is 12.1. The summed E-state index contributed by atoms with van der Waals surface area (Å²) in [6.07, 6.45) is 0.804. The monoisotopic (exact) mass is 287 g/mol. The number of ketones is 1. The molecule has 0 saturated heterocycles. The highest BCUT2D eigenvalue weighted by Gasteiger charge is 2.13. The lowest BCUT2D eigenvalue weighted by Crippen LogP contribution is -2.12. The Morgan fingerprint density at radius 3 is 2.57 bits per heavy atom. The van der Waals surface area contributed by atoms with Gasteiger partial charge >= 0.3 is 0 Å². The largest absolute Gasteiger partial charge is 0.494 e. The van der Waals surface area contributed by atoms with E-state index < -0.39 is 5.82 Å². The summed E-state index contributed by atoms with van der Waals surface area (Å²) < 4.78 is 18.4. The molecule has 2 rings (SSSR count). The Labute approximate surface area is 123 Å². The van der Waals surface area contributed by atoms with Crippen LogP contribution in [0.15, 0.2) is 48.5 Å². The van der Waals surface area contributed by atoms with Crippen molar-refractivity contribution < 1.29 is 13.9 Å². The van der Waals surface area contributed by atoms with Gasteiger partial charge in [0.25, 0.3) is 0 Å². The normalized spacial score (nSPS) is 12.0. The van der Waals surface area contributed by atoms with E-state index in [-0.39, 0.29) is 24.0 Å². The predicted molar refractivity (Wildman–Crippen MR) is 79.9 cm³/mol. The minimum atomic E-state index is -0.532. The zero-order chi connectivity index (χ0) is 15.2. The maximum Gasteiger partial charge on any atom is 0.165 e.